The van der Waals surface area contributed by atoms with Crippen LogP contribution in [-0.4, -0.2) is 28.1 Å². The van der Waals surface area contributed by atoms with Gasteiger partial charge in [0.25, 0.3) is 5.91 Å². The first-order chi connectivity index (χ1) is 18.3. The molecule has 0 N–H and O–H groups in total. The van der Waals surface area contributed by atoms with Crippen molar-refractivity contribution >= 4 is 40.3 Å². The van der Waals surface area contributed by atoms with Gasteiger partial charge in [-0.1, -0.05) is 62.4 Å². The lowest BCUT2D eigenvalue weighted by molar-refractivity contribution is -0.122. The number of nitrogens with zero attached hydrogens (tertiary/aromatic N) is 3. The van der Waals surface area contributed by atoms with Crippen molar-refractivity contribution in [2.75, 3.05) is 11.4 Å². The van der Waals surface area contributed by atoms with Crippen LogP contribution in [0.4, 0.5) is 11.4 Å². The number of anilines is 1. The Bertz CT molecular complexity index is 1380. The molecule has 1 fully saturated rings. The molecule has 0 radical (unpaired) electrons. The van der Waals surface area contributed by atoms with Crippen LogP contribution in [0.15, 0.2) is 82.7 Å². The molecule has 5 rings (SSSR count). The van der Waals surface area contributed by atoms with Crippen molar-refractivity contribution in [2.24, 2.45) is 4.99 Å². The molecular weight excluding hydrogens is 486 g/mol. The van der Waals surface area contributed by atoms with E-state index in [0.29, 0.717) is 17.4 Å². The van der Waals surface area contributed by atoms with Crippen LogP contribution in [0.5, 0.6) is 0 Å². The van der Waals surface area contributed by atoms with Gasteiger partial charge in [-0.2, -0.15) is 0 Å². The third-order valence-corrected chi connectivity index (χ3v) is 8.57. The van der Waals surface area contributed by atoms with Crippen LogP contribution in [0, 0.1) is 6.92 Å². The van der Waals surface area contributed by atoms with Crippen molar-refractivity contribution in [1.29, 1.82) is 0 Å². The van der Waals surface area contributed by atoms with Crippen molar-refractivity contribution in [1.82, 2.24) is 4.90 Å². The molecule has 2 heterocycles. The average molecular weight is 524 g/mol. The Kier molecular flexibility index (Phi) is 7.49. The predicted octanol–water partition coefficient (Wildman–Crippen LogP) is 8.30. The van der Waals surface area contributed by atoms with E-state index in [2.05, 4.69) is 69.9 Å². The highest BCUT2D eigenvalue weighted by atomic mass is 32.2. The number of aryl methyl sites for hydroxylation is 1. The van der Waals surface area contributed by atoms with Crippen LogP contribution < -0.4 is 4.90 Å². The quantitative estimate of drug-likeness (QED) is 0.305. The summed E-state index contributed by atoms with van der Waals surface area (Å²) in [5.41, 5.74) is 7.09. The maximum atomic E-state index is 13.7. The second kappa shape index (κ2) is 10.8. The number of para-hydroxylation sites is 1. The summed E-state index contributed by atoms with van der Waals surface area (Å²) < 4.78 is 0. The number of rotatable bonds is 6. The minimum atomic E-state index is 0.00689. The smallest absolute Gasteiger partial charge is 0.267 e. The molecule has 0 aromatic heterocycles. The summed E-state index contributed by atoms with van der Waals surface area (Å²) in [6.07, 6.45) is 4.31. The first-order valence-corrected chi connectivity index (χ1v) is 14.4. The molecule has 5 heteroatoms. The van der Waals surface area contributed by atoms with E-state index in [1.165, 1.54) is 28.6 Å². The number of amides is 1. The molecule has 38 heavy (non-hydrogen) atoms. The number of benzene rings is 3. The number of hydrogen-bond acceptors (Lipinski definition) is 4. The Morgan fingerprint density at radius 2 is 1.74 bits per heavy atom. The highest BCUT2D eigenvalue weighted by Crippen LogP contribution is 2.45. The summed E-state index contributed by atoms with van der Waals surface area (Å²) in [6.45, 7) is 13.0. The maximum absolute atomic E-state index is 13.7. The molecule has 0 aliphatic carbocycles. The fourth-order valence-electron chi connectivity index (χ4n) is 5.70. The molecule has 3 aromatic rings. The number of amidine groups is 1. The van der Waals surface area contributed by atoms with Crippen molar-refractivity contribution in [3.63, 3.8) is 0 Å². The van der Waals surface area contributed by atoms with Crippen LogP contribution in [0.2, 0.25) is 0 Å². The summed E-state index contributed by atoms with van der Waals surface area (Å²) >= 11 is 1.47. The second-order valence-corrected chi connectivity index (χ2v) is 12.1. The van der Waals surface area contributed by atoms with Crippen molar-refractivity contribution in [2.45, 2.75) is 65.5 Å². The second-order valence-electron chi connectivity index (χ2n) is 11.1. The summed E-state index contributed by atoms with van der Waals surface area (Å²) in [4.78, 5) is 23.7. The Labute approximate surface area is 231 Å². The molecule has 1 unspecified atom stereocenters. The van der Waals surface area contributed by atoms with Gasteiger partial charge < -0.3 is 4.90 Å². The zero-order valence-electron chi connectivity index (χ0n) is 23.1. The Balaban J connectivity index is 1.53. The van der Waals surface area contributed by atoms with Gasteiger partial charge in [-0.25, -0.2) is 4.99 Å². The van der Waals surface area contributed by atoms with E-state index in [1.54, 1.807) is 4.90 Å². The molecule has 0 bridgehead atoms. The number of carbonyl (C=O) groups is 1. The van der Waals surface area contributed by atoms with Gasteiger partial charge in [0, 0.05) is 17.8 Å². The standard InChI is InChI=1S/C33H37N3OS/c1-6-17-36-29-18-23(2)26(19-28(29)24(3)21-33(36,4)5)20-30-31(37)35(22-25-13-9-7-10-14-25)32(38-30)34-27-15-11-8-12-16-27/h7-16,18-20,24H,6,17,21-22H2,1-5H3/b30-20+,34-32?. The lowest BCUT2D eigenvalue weighted by atomic mass is 9.79. The predicted molar refractivity (Wildman–Crippen MR) is 162 cm³/mol. The molecule has 1 saturated heterocycles. The van der Waals surface area contributed by atoms with Crippen LogP contribution in [0.3, 0.4) is 0 Å². The first-order valence-electron chi connectivity index (χ1n) is 13.6. The van der Waals surface area contributed by atoms with E-state index in [4.69, 9.17) is 4.99 Å². The van der Waals surface area contributed by atoms with E-state index in [0.717, 1.165) is 41.4 Å². The molecule has 2 aliphatic rings. The zero-order valence-corrected chi connectivity index (χ0v) is 23.9. The lowest BCUT2D eigenvalue weighted by Gasteiger charge is -2.48. The van der Waals surface area contributed by atoms with E-state index >= 15 is 0 Å². The molecule has 0 saturated carbocycles. The van der Waals surface area contributed by atoms with Gasteiger partial charge in [-0.05, 0) is 104 Å². The molecule has 2 aliphatic heterocycles. The van der Waals surface area contributed by atoms with E-state index in [9.17, 15) is 4.79 Å². The number of carbonyl (C=O) groups excluding carboxylic acids is 1. The monoisotopic (exact) mass is 523 g/mol. The minimum absolute atomic E-state index is 0.00689. The lowest BCUT2D eigenvalue weighted by Crippen LogP contribution is -2.48. The Morgan fingerprint density at radius 3 is 2.42 bits per heavy atom. The van der Waals surface area contributed by atoms with E-state index in [1.807, 2.05) is 48.5 Å². The van der Waals surface area contributed by atoms with Gasteiger partial charge in [-0.15, -0.1) is 0 Å². The normalized spacial score (nSPS) is 20.9. The average Bonchev–Trinajstić information content (AvgIpc) is 3.17. The van der Waals surface area contributed by atoms with Crippen LogP contribution in [-0.2, 0) is 11.3 Å². The molecular formula is C33H37N3OS. The number of aliphatic imine (C=N–C) groups is 1. The van der Waals surface area contributed by atoms with Crippen LogP contribution in [0.25, 0.3) is 6.08 Å². The van der Waals surface area contributed by atoms with Gasteiger partial charge >= 0.3 is 0 Å². The SMILES string of the molecule is CCCN1c2cc(C)c(/C=C3/SC(=Nc4ccccc4)N(Cc4ccccc4)C3=O)cc2C(C)CC1(C)C. The minimum Gasteiger partial charge on any atom is -0.366 e. The topological polar surface area (TPSA) is 35.9 Å². The Hall–Kier alpha value is -3.31. The van der Waals surface area contributed by atoms with Gasteiger partial charge in [0.05, 0.1) is 17.1 Å². The summed E-state index contributed by atoms with van der Waals surface area (Å²) in [7, 11) is 0. The van der Waals surface area contributed by atoms with Gasteiger partial charge in [0.2, 0.25) is 0 Å². The Morgan fingerprint density at radius 1 is 1.05 bits per heavy atom. The molecule has 3 aromatic carbocycles. The molecule has 196 valence electrons. The third kappa shape index (κ3) is 5.30. The highest BCUT2D eigenvalue weighted by molar-refractivity contribution is 8.18. The fraction of sp³-hybridized carbons (Fsp3) is 0.333. The van der Waals surface area contributed by atoms with Crippen molar-refractivity contribution < 1.29 is 4.79 Å². The third-order valence-electron chi connectivity index (χ3n) is 7.56. The van der Waals surface area contributed by atoms with Crippen LogP contribution in [0.1, 0.15) is 68.7 Å². The highest BCUT2D eigenvalue weighted by Gasteiger charge is 2.37. The van der Waals surface area contributed by atoms with E-state index < -0.39 is 0 Å². The number of fused-ring (bicyclic) bond motifs is 1. The van der Waals surface area contributed by atoms with Gasteiger partial charge in [0.15, 0.2) is 5.17 Å². The van der Waals surface area contributed by atoms with Crippen molar-refractivity contribution in [3.8, 4) is 0 Å². The van der Waals surface area contributed by atoms with Gasteiger partial charge in [-0.3, -0.25) is 9.69 Å². The summed E-state index contributed by atoms with van der Waals surface area (Å²) in [6, 6.07) is 24.6. The molecule has 4 nitrogen and oxygen atoms in total. The largest absolute Gasteiger partial charge is 0.366 e. The summed E-state index contributed by atoms with van der Waals surface area (Å²) in [5.74, 6) is 0.468. The van der Waals surface area contributed by atoms with Crippen molar-refractivity contribution in [3.05, 3.63) is 100.0 Å². The maximum Gasteiger partial charge on any atom is 0.267 e. The fourth-order valence-corrected chi connectivity index (χ4v) is 6.69. The zero-order chi connectivity index (χ0) is 26.9. The first kappa shape index (κ1) is 26.3. The number of thioether (sulfide) groups is 1. The number of hydrogen-bond donors (Lipinski definition) is 0. The molecule has 1 atom stereocenters. The van der Waals surface area contributed by atoms with Gasteiger partial charge in [0.1, 0.15) is 0 Å². The van der Waals surface area contributed by atoms with Crippen LogP contribution >= 0.6 is 11.8 Å². The van der Waals surface area contributed by atoms with E-state index in [-0.39, 0.29) is 11.4 Å². The molecule has 0 spiro atoms. The molecule has 1 amide bonds. The summed E-state index contributed by atoms with van der Waals surface area (Å²) in [5, 5.41) is 0.719.